The number of anilines is 1. The summed E-state index contributed by atoms with van der Waals surface area (Å²) in [7, 11) is 0. The van der Waals surface area contributed by atoms with Gasteiger partial charge >= 0.3 is 5.97 Å². The predicted molar refractivity (Wildman–Crippen MR) is 66.1 cm³/mol. The van der Waals surface area contributed by atoms with Crippen LogP contribution in [0.2, 0.25) is 5.02 Å². The molecule has 0 aliphatic carbocycles. The number of benzene rings is 1. The van der Waals surface area contributed by atoms with Gasteiger partial charge in [0.1, 0.15) is 0 Å². The van der Waals surface area contributed by atoms with Crippen molar-refractivity contribution in [1.82, 2.24) is 4.98 Å². The maximum absolute atomic E-state index is 10.9. The van der Waals surface area contributed by atoms with Gasteiger partial charge in [0.2, 0.25) is 0 Å². The van der Waals surface area contributed by atoms with E-state index in [1.807, 2.05) is 0 Å². The minimum absolute atomic E-state index is 0.136. The molecule has 1 heterocycles. The Bertz CT molecular complexity index is 567. The van der Waals surface area contributed by atoms with E-state index in [1.54, 1.807) is 18.2 Å². The van der Waals surface area contributed by atoms with E-state index in [-0.39, 0.29) is 5.56 Å². The summed E-state index contributed by atoms with van der Waals surface area (Å²) >= 11 is 5.73. The molecule has 0 unspecified atom stereocenters. The lowest BCUT2D eigenvalue weighted by molar-refractivity contribution is 0.0697. The zero-order chi connectivity index (χ0) is 12.4. The Morgan fingerprint density at radius 2 is 2.06 bits per heavy atom. The zero-order valence-corrected chi connectivity index (χ0v) is 9.48. The number of carbonyl (C=O) groups is 1. The highest BCUT2D eigenvalue weighted by molar-refractivity contribution is 6.30. The maximum atomic E-state index is 10.9. The summed E-state index contributed by atoms with van der Waals surface area (Å²) < 4.78 is 0. The van der Waals surface area contributed by atoms with E-state index in [0.717, 1.165) is 0 Å². The summed E-state index contributed by atoms with van der Waals surface area (Å²) in [6, 6.07) is 8.00. The predicted octanol–water partition coefficient (Wildman–Crippen LogP) is 2.68. The van der Waals surface area contributed by atoms with E-state index >= 15 is 0 Å². The van der Waals surface area contributed by atoms with Crippen molar-refractivity contribution < 1.29 is 9.90 Å². The van der Waals surface area contributed by atoms with Crippen LogP contribution in [0.1, 0.15) is 10.4 Å². The second kappa shape index (κ2) is 4.43. The van der Waals surface area contributed by atoms with Gasteiger partial charge in [0.25, 0.3) is 0 Å². The van der Waals surface area contributed by atoms with Gasteiger partial charge < -0.3 is 10.8 Å². The summed E-state index contributed by atoms with van der Waals surface area (Å²) in [5.41, 5.74) is 7.45. The number of aromatic carboxylic acids is 1. The number of nitrogens with zero attached hydrogens (tertiary/aromatic N) is 1. The Balaban J connectivity index is 2.51. The van der Waals surface area contributed by atoms with Gasteiger partial charge in [0.15, 0.2) is 0 Å². The van der Waals surface area contributed by atoms with Crippen LogP contribution in [0, 0.1) is 0 Å². The minimum atomic E-state index is -1.02. The Kier molecular flexibility index (Phi) is 2.97. The van der Waals surface area contributed by atoms with Gasteiger partial charge in [0, 0.05) is 17.4 Å². The van der Waals surface area contributed by atoms with Gasteiger partial charge in [-0.3, -0.25) is 4.98 Å². The lowest BCUT2D eigenvalue weighted by Crippen LogP contribution is -1.99. The molecule has 0 spiro atoms. The minimum Gasteiger partial charge on any atom is -0.478 e. The highest BCUT2D eigenvalue weighted by atomic mass is 35.5. The van der Waals surface area contributed by atoms with Gasteiger partial charge in [-0.05, 0) is 30.3 Å². The number of nitrogens with two attached hydrogens (primary N) is 1. The topological polar surface area (TPSA) is 76.2 Å². The Labute approximate surface area is 103 Å². The molecule has 0 aliphatic heterocycles. The van der Waals surface area contributed by atoms with Crippen LogP contribution in [0.25, 0.3) is 11.3 Å². The third kappa shape index (κ3) is 2.54. The fourth-order valence-corrected chi connectivity index (χ4v) is 1.58. The average Bonchev–Trinajstić information content (AvgIpc) is 2.29. The molecule has 2 aromatic rings. The number of carboxylic acid groups (broad SMARTS) is 1. The molecule has 0 bridgehead atoms. The molecule has 0 saturated carbocycles. The van der Waals surface area contributed by atoms with E-state index in [4.69, 9.17) is 22.4 Å². The first-order chi connectivity index (χ1) is 8.06. The van der Waals surface area contributed by atoms with Crippen LogP contribution in [0.5, 0.6) is 0 Å². The van der Waals surface area contributed by atoms with Crippen LogP contribution in [-0.4, -0.2) is 16.1 Å². The molecule has 0 saturated heterocycles. The first-order valence-electron chi connectivity index (χ1n) is 4.82. The normalized spacial score (nSPS) is 10.2. The molecule has 5 heteroatoms. The van der Waals surface area contributed by atoms with Gasteiger partial charge in [-0.15, -0.1) is 0 Å². The molecule has 3 N–H and O–H groups in total. The number of nitrogen functional groups attached to an aromatic ring is 1. The van der Waals surface area contributed by atoms with Gasteiger partial charge in [-0.25, -0.2) is 4.79 Å². The number of carboxylic acids is 1. The summed E-state index contributed by atoms with van der Waals surface area (Å²) in [4.78, 5) is 15.0. The molecule has 0 aliphatic rings. The first-order valence-corrected chi connectivity index (χ1v) is 5.20. The van der Waals surface area contributed by atoms with E-state index in [9.17, 15) is 4.79 Å². The molecule has 1 aromatic carbocycles. The van der Waals surface area contributed by atoms with Crippen molar-refractivity contribution >= 4 is 23.3 Å². The Morgan fingerprint density at radius 3 is 2.65 bits per heavy atom. The molecule has 0 fully saturated rings. The van der Waals surface area contributed by atoms with Gasteiger partial charge in [-0.2, -0.15) is 0 Å². The van der Waals surface area contributed by atoms with Crippen LogP contribution in [0.3, 0.4) is 0 Å². The summed E-state index contributed by atoms with van der Waals surface area (Å²) in [6.45, 7) is 0. The quantitative estimate of drug-likeness (QED) is 0.801. The van der Waals surface area contributed by atoms with Crippen molar-refractivity contribution in [2.45, 2.75) is 0 Å². The van der Waals surface area contributed by atoms with Crippen molar-refractivity contribution in [2.75, 3.05) is 5.73 Å². The number of halogens is 1. The van der Waals surface area contributed by atoms with Crippen molar-refractivity contribution in [3.05, 3.63) is 47.1 Å². The van der Waals surface area contributed by atoms with Crippen LogP contribution in [0.4, 0.5) is 5.69 Å². The summed E-state index contributed by atoms with van der Waals surface area (Å²) in [5.74, 6) is -1.02. The van der Waals surface area contributed by atoms with Crippen molar-refractivity contribution in [3.8, 4) is 11.3 Å². The van der Waals surface area contributed by atoms with Crippen molar-refractivity contribution in [2.24, 2.45) is 0 Å². The standard InChI is InChI=1S/C12H9ClN2O2/c13-9-1-2-11(15-6-9)7-3-8(12(16)17)5-10(14)4-7/h1-6H,14H2,(H,16,17). The van der Waals surface area contributed by atoms with Crippen LogP contribution < -0.4 is 5.73 Å². The van der Waals surface area contributed by atoms with Crippen LogP contribution in [-0.2, 0) is 0 Å². The van der Waals surface area contributed by atoms with Crippen LogP contribution >= 0.6 is 11.6 Å². The van der Waals surface area contributed by atoms with Gasteiger partial charge in [-0.1, -0.05) is 11.6 Å². The van der Waals surface area contributed by atoms with Crippen molar-refractivity contribution in [1.29, 1.82) is 0 Å². The number of hydrogen-bond donors (Lipinski definition) is 2. The average molecular weight is 249 g/mol. The Morgan fingerprint density at radius 1 is 1.29 bits per heavy atom. The summed E-state index contributed by atoms with van der Waals surface area (Å²) in [5, 5.41) is 9.45. The fourth-order valence-electron chi connectivity index (χ4n) is 1.47. The molecule has 4 nitrogen and oxygen atoms in total. The number of hydrogen-bond acceptors (Lipinski definition) is 3. The van der Waals surface area contributed by atoms with E-state index in [1.165, 1.54) is 18.3 Å². The lowest BCUT2D eigenvalue weighted by atomic mass is 10.1. The molecule has 1 aromatic heterocycles. The van der Waals surface area contributed by atoms with Crippen molar-refractivity contribution in [3.63, 3.8) is 0 Å². The second-order valence-corrected chi connectivity index (χ2v) is 3.95. The summed E-state index contributed by atoms with van der Waals surface area (Å²) in [6.07, 6.45) is 1.50. The van der Waals surface area contributed by atoms with E-state index < -0.39 is 5.97 Å². The zero-order valence-electron chi connectivity index (χ0n) is 8.72. The SMILES string of the molecule is Nc1cc(C(=O)O)cc(-c2ccc(Cl)cn2)c1. The van der Waals surface area contributed by atoms with Gasteiger partial charge in [0.05, 0.1) is 16.3 Å². The highest BCUT2D eigenvalue weighted by Gasteiger charge is 2.07. The third-order valence-corrected chi connectivity index (χ3v) is 2.45. The Hall–Kier alpha value is -2.07. The smallest absolute Gasteiger partial charge is 0.335 e. The molecule has 0 atom stereocenters. The van der Waals surface area contributed by atoms with E-state index in [2.05, 4.69) is 4.98 Å². The molecule has 2 rings (SSSR count). The molecule has 86 valence electrons. The highest BCUT2D eigenvalue weighted by Crippen LogP contribution is 2.22. The maximum Gasteiger partial charge on any atom is 0.335 e. The van der Waals surface area contributed by atoms with E-state index in [0.29, 0.717) is 22.0 Å². The number of rotatable bonds is 2. The van der Waals surface area contributed by atoms with Crippen LogP contribution in [0.15, 0.2) is 36.5 Å². The fraction of sp³-hybridized carbons (Fsp3) is 0. The second-order valence-electron chi connectivity index (χ2n) is 3.51. The molecule has 17 heavy (non-hydrogen) atoms. The lowest BCUT2D eigenvalue weighted by Gasteiger charge is -2.04. The molecule has 0 amide bonds. The third-order valence-electron chi connectivity index (χ3n) is 2.23. The molecule has 0 radical (unpaired) electrons. The first kappa shape index (κ1) is 11.4. The number of aromatic nitrogens is 1. The largest absolute Gasteiger partial charge is 0.478 e. The number of pyridine rings is 1. The molecular formula is C12H9ClN2O2. The molecular weight excluding hydrogens is 240 g/mol. The monoisotopic (exact) mass is 248 g/mol.